The van der Waals surface area contributed by atoms with E-state index in [-0.39, 0.29) is 5.91 Å². The van der Waals surface area contributed by atoms with E-state index in [1.165, 1.54) is 0 Å². The summed E-state index contributed by atoms with van der Waals surface area (Å²) in [6.07, 6.45) is 0.388. The number of carbonyl (C=O) groups is 1. The molecule has 0 atom stereocenters. The molecule has 0 aromatic heterocycles. The third kappa shape index (κ3) is 4.87. The van der Waals surface area contributed by atoms with Crippen LogP contribution in [0.2, 0.25) is 5.02 Å². The SMILES string of the molecule is O=C(CCNc1cccc(Cl)c1)Nc1cccc(Br)c1. The van der Waals surface area contributed by atoms with Gasteiger partial charge in [-0.1, -0.05) is 39.7 Å². The largest absolute Gasteiger partial charge is 0.384 e. The first kappa shape index (κ1) is 14.9. The van der Waals surface area contributed by atoms with Crippen LogP contribution in [0.15, 0.2) is 53.0 Å². The van der Waals surface area contributed by atoms with Crippen molar-refractivity contribution < 1.29 is 4.79 Å². The van der Waals surface area contributed by atoms with Crippen LogP contribution in [-0.4, -0.2) is 12.5 Å². The Balaban J connectivity index is 1.78. The maximum atomic E-state index is 11.8. The van der Waals surface area contributed by atoms with Crippen LogP contribution in [0.4, 0.5) is 11.4 Å². The lowest BCUT2D eigenvalue weighted by Gasteiger charge is -2.08. The number of hydrogen-bond acceptors (Lipinski definition) is 2. The van der Waals surface area contributed by atoms with Crippen LogP contribution in [0.5, 0.6) is 0 Å². The minimum absolute atomic E-state index is 0.0300. The number of anilines is 2. The average molecular weight is 354 g/mol. The second-order valence-corrected chi connectivity index (χ2v) is 5.60. The van der Waals surface area contributed by atoms with Gasteiger partial charge in [0.2, 0.25) is 5.91 Å². The summed E-state index contributed by atoms with van der Waals surface area (Å²) in [6.45, 7) is 0.556. The lowest BCUT2D eigenvalue weighted by molar-refractivity contribution is -0.115. The van der Waals surface area contributed by atoms with Crippen LogP contribution >= 0.6 is 27.5 Å². The molecule has 0 radical (unpaired) electrons. The van der Waals surface area contributed by atoms with Gasteiger partial charge >= 0.3 is 0 Å². The van der Waals surface area contributed by atoms with E-state index >= 15 is 0 Å². The summed E-state index contributed by atoms with van der Waals surface area (Å²) < 4.78 is 0.937. The highest BCUT2D eigenvalue weighted by atomic mass is 79.9. The van der Waals surface area contributed by atoms with Gasteiger partial charge in [-0.2, -0.15) is 0 Å². The quantitative estimate of drug-likeness (QED) is 0.828. The van der Waals surface area contributed by atoms with Gasteiger partial charge in [-0.3, -0.25) is 4.79 Å². The highest BCUT2D eigenvalue weighted by Gasteiger charge is 2.02. The van der Waals surface area contributed by atoms with Crippen LogP contribution in [0, 0.1) is 0 Å². The lowest BCUT2D eigenvalue weighted by atomic mass is 10.3. The summed E-state index contributed by atoms with van der Waals surface area (Å²) in [4.78, 5) is 11.8. The maximum Gasteiger partial charge on any atom is 0.226 e. The highest BCUT2D eigenvalue weighted by Crippen LogP contribution is 2.16. The average Bonchev–Trinajstić information content (AvgIpc) is 2.38. The third-order valence-corrected chi connectivity index (χ3v) is 3.34. The molecule has 0 spiro atoms. The Morgan fingerprint density at radius 1 is 1.10 bits per heavy atom. The Bertz CT molecular complexity index is 604. The van der Waals surface area contributed by atoms with Crippen molar-refractivity contribution in [2.75, 3.05) is 17.2 Å². The molecular formula is C15H14BrClN2O. The first-order chi connectivity index (χ1) is 9.63. The van der Waals surface area contributed by atoms with Crippen molar-refractivity contribution in [1.29, 1.82) is 0 Å². The molecule has 0 aliphatic carbocycles. The van der Waals surface area contributed by atoms with Crippen molar-refractivity contribution >= 4 is 44.8 Å². The van der Waals surface area contributed by atoms with Gasteiger partial charge in [0, 0.05) is 33.8 Å². The number of amides is 1. The molecule has 2 rings (SSSR count). The topological polar surface area (TPSA) is 41.1 Å². The number of carbonyl (C=O) groups excluding carboxylic acids is 1. The summed E-state index contributed by atoms with van der Waals surface area (Å²) in [7, 11) is 0. The van der Waals surface area contributed by atoms with Crippen LogP contribution in [0.3, 0.4) is 0 Å². The molecule has 0 aliphatic heterocycles. The molecule has 2 aromatic rings. The Hall–Kier alpha value is -1.52. The molecule has 1 amide bonds. The molecule has 0 unspecified atom stereocenters. The summed E-state index contributed by atoms with van der Waals surface area (Å²) in [5.74, 6) is -0.0300. The zero-order chi connectivity index (χ0) is 14.4. The van der Waals surface area contributed by atoms with Crippen molar-refractivity contribution in [1.82, 2.24) is 0 Å². The summed E-state index contributed by atoms with van der Waals surface area (Å²) in [5, 5.41) is 6.68. The van der Waals surface area contributed by atoms with Gasteiger partial charge in [0.15, 0.2) is 0 Å². The number of rotatable bonds is 5. The van der Waals surface area contributed by atoms with Crippen molar-refractivity contribution in [3.63, 3.8) is 0 Å². The van der Waals surface area contributed by atoms with E-state index in [0.29, 0.717) is 18.0 Å². The molecule has 5 heteroatoms. The predicted molar refractivity (Wildman–Crippen MR) is 87.3 cm³/mol. The summed E-state index contributed by atoms with van der Waals surface area (Å²) in [5.41, 5.74) is 1.69. The smallest absolute Gasteiger partial charge is 0.226 e. The van der Waals surface area contributed by atoms with E-state index in [0.717, 1.165) is 15.8 Å². The molecule has 0 aliphatic rings. The van der Waals surface area contributed by atoms with E-state index in [9.17, 15) is 4.79 Å². The van der Waals surface area contributed by atoms with E-state index in [1.807, 2.05) is 48.5 Å². The van der Waals surface area contributed by atoms with E-state index in [4.69, 9.17) is 11.6 Å². The lowest BCUT2D eigenvalue weighted by Crippen LogP contribution is -2.16. The minimum atomic E-state index is -0.0300. The van der Waals surface area contributed by atoms with Crippen LogP contribution < -0.4 is 10.6 Å². The van der Waals surface area contributed by atoms with Gasteiger partial charge in [0.25, 0.3) is 0 Å². The maximum absolute atomic E-state index is 11.8. The van der Waals surface area contributed by atoms with Crippen LogP contribution in [0.1, 0.15) is 6.42 Å². The molecule has 0 bridgehead atoms. The van der Waals surface area contributed by atoms with Gasteiger partial charge in [0.05, 0.1) is 0 Å². The second-order valence-electron chi connectivity index (χ2n) is 4.25. The minimum Gasteiger partial charge on any atom is -0.384 e. The first-order valence-electron chi connectivity index (χ1n) is 6.18. The zero-order valence-electron chi connectivity index (χ0n) is 10.7. The Morgan fingerprint density at radius 3 is 2.60 bits per heavy atom. The van der Waals surface area contributed by atoms with Crippen molar-refractivity contribution in [2.45, 2.75) is 6.42 Å². The molecule has 3 nitrogen and oxygen atoms in total. The Labute approximate surface area is 131 Å². The fourth-order valence-electron chi connectivity index (χ4n) is 1.71. The molecule has 2 N–H and O–H groups in total. The number of benzene rings is 2. The summed E-state index contributed by atoms with van der Waals surface area (Å²) >= 11 is 9.25. The van der Waals surface area contributed by atoms with E-state index < -0.39 is 0 Å². The Morgan fingerprint density at radius 2 is 1.85 bits per heavy atom. The van der Waals surface area contributed by atoms with Gasteiger partial charge in [0.1, 0.15) is 0 Å². The van der Waals surface area contributed by atoms with Crippen molar-refractivity contribution in [2.24, 2.45) is 0 Å². The fraction of sp³-hybridized carbons (Fsp3) is 0.133. The van der Waals surface area contributed by atoms with E-state index in [1.54, 1.807) is 0 Å². The second kappa shape index (κ2) is 7.31. The molecule has 0 heterocycles. The van der Waals surface area contributed by atoms with Gasteiger partial charge in [-0.25, -0.2) is 0 Å². The van der Waals surface area contributed by atoms with Gasteiger partial charge in [-0.05, 0) is 36.4 Å². The first-order valence-corrected chi connectivity index (χ1v) is 7.35. The van der Waals surface area contributed by atoms with Crippen LogP contribution in [0.25, 0.3) is 0 Å². The van der Waals surface area contributed by atoms with E-state index in [2.05, 4.69) is 26.6 Å². The standard InChI is InChI=1S/C15H14BrClN2O/c16-11-3-1-6-14(9-11)19-15(20)7-8-18-13-5-2-4-12(17)10-13/h1-6,9-10,18H,7-8H2,(H,19,20). The van der Waals surface area contributed by atoms with Crippen molar-refractivity contribution in [3.05, 3.63) is 58.0 Å². The molecule has 0 fully saturated rings. The molecule has 104 valence electrons. The molecular weight excluding hydrogens is 340 g/mol. The number of nitrogens with one attached hydrogen (secondary N) is 2. The third-order valence-electron chi connectivity index (χ3n) is 2.61. The fourth-order valence-corrected chi connectivity index (χ4v) is 2.30. The number of hydrogen-bond donors (Lipinski definition) is 2. The molecule has 0 saturated carbocycles. The predicted octanol–water partition coefficient (Wildman–Crippen LogP) is 4.54. The highest BCUT2D eigenvalue weighted by molar-refractivity contribution is 9.10. The normalized spacial score (nSPS) is 10.1. The van der Waals surface area contributed by atoms with Crippen molar-refractivity contribution in [3.8, 4) is 0 Å². The molecule has 0 saturated heterocycles. The van der Waals surface area contributed by atoms with Gasteiger partial charge in [-0.15, -0.1) is 0 Å². The number of halogens is 2. The summed E-state index contributed by atoms with van der Waals surface area (Å²) in [6, 6.07) is 14.9. The monoisotopic (exact) mass is 352 g/mol. The van der Waals surface area contributed by atoms with Crippen LogP contribution in [-0.2, 0) is 4.79 Å². The zero-order valence-corrected chi connectivity index (χ0v) is 13.0. The molecule has 2 aromatic carbocycles. The molecule has 20 heavy (non-hydrogen) atoms. The Kier molecular flexibility index (Phi) is 5.44. The van der Waals surface area contributed by atoms with Gasteiger partial charge < -0.3 is 10.6 Å².